The molecule has 0 radical (unpaired) electrons. The monoisotopic (exact) mass is 411 g/mol. The van der Waals surface area contributed by atoms with Crippen molar-refractivity contribution in [1.29, 1.82) is 0 Å². The van der Waals surface area contributed by atoms with Crippen LogP contribution >= 0.6 is 15.9 Å². The van der Waals surface area contributed by atoms with Crippen LogP contribution in [0.1, 0.15) is 27.7 Å². The molecule has 0 N–H and O–H groups in total. The van der Waals surface area contributed by atoms with E-state index in [4.69, 9.17) is 9.97 Å². The molecule has 0 saturated heterocycles. The van der Waals surface area contributed by atoms with E-state index in [1.807, 2.05) is 24.3 Å². The summed E-state index contributed by atoms with van der Waals surface area (Å²) in [6.45, 7) is 11.0. The molecule has 2 aromatic carbocycles. The maximum absolute atomic E-state index is 5.01. The molecule has 3 nitrogen and oxygen atoms in total. The SMILES string of the molecule is CC(C)CN(CC(C)C)c1nc(-c2ccccc2)nc2ccc(Br)cc12. The second-order valence-corrected chi connectivity index (χ2v) is 8.51. The zero-order valence-corrected chi connectivity index (χ0v) is 17.5. The lowest BCUT2D eigenvalue weighted by Crippen LogP contribution is -2.32. The number of halogens is 1. The third kappa shape index (κ3) is 4.42. The van der Waals surface area contributed by atoms with Crippen LogP contribution in [0.4, 0.5) is 5.82 Å². The Morgan fingerprint density at radius 1 is 0.885 bits per heavy atom. The topological polar surface area (TPSA) is 29.0 Å². The molecule has 0 aliphatic rings. The zero-order valence-electron chi connectivity index (χ0n) is 15.9. The summed E-state index contributed by atoms with van der Waals surface area (Å²) in [4.78, 5) is 12.3. The van der Waals surface area contributed by atoms with Gasteiger partial charge in [-0.1, -0.05) is 74.0 Å². The zero-order chi connectivity index (χ0) is 18.7. The fourth-order valence-electron chi connectivity index (χ4n) is 3.17. The van der Waals surface area contributed by atoms with Crippen molar-refractivity contribution >= 4 is 32.7 Å². The van der Waals surface area contributed by atoms with Crippen LogP contribution in [-0.4, -0.2) is 23.1 Å². The van der Waals surface area contributed by atoms with E-state index in [2.05, 4.69) is 72.8 Å². The second kappa shape index (κ2) is 8.17. The lowest BCUT2D eigenvalue weighted by atomic mass is 10.1. The van der Waals surface area contributed by atoms with Crippen LogP contribution in [0, 0.1) is 11.8 Å². The van der Waals surface area contributed by atoms with E-state index in [9.17, 15) is 0 Å². The van der Waals surface area contributed by atoms with E-state index in [1.165, 1.54) is 0 Å². The van der Waals surface area contributed by atoms with Gasteiger partial charge in [0.2, 0.25) is 0 Å². The van der Waals surface area contributed by atoms with Gasteiger partial charge < -0.3 is 4.90 Å². The Bertz CT molecular complexity index is 865. The molecular weight excluding hydrogens is 386 g/mol. The van der Waals surface area contributed by atoms with Crippen molar-refractivity contribution in [2.24, 2.45) is 11.8 Å². The molecule has 1 heterocycles. The Morgan fingerprint density at radius 3 is 2.15 bits per heavy atom. The number of nitrogens with zero attached hydrogens (tertiary/aromatic N) is 3. The summed E-state index contributed by atoms with van der Waals surface area (Å²) in [5, 5.41) is 1.10. The van der Waals surface area contributed by atoms with Gasteiger partial charge in [0.1, 0.15) is 5.82 Å². The highest BCUT2D eigenvalue weighted by Crippen LogP contribution is 2.30. The van der Waals surface area contributed by atoms with Gasteiger partial charge in [-0.25, -0.2) is 9.97 Å². The Kier molecular flexibility index (Phi) is 5.92. The van der Waals surface area contributed by atoms with Gasteiger partial charge in [0.25, 0.3) is 0 Å². The summed E-state index contributed by atoms with van der Waals surface area (Å²) in [5.41, 5.74) is 2.03. The van der Waals surface area contributed by atoms with Gasteiger partial charge in [-0.3, -0.25) is 0 Å². The Morgan fingerprint density at radius 2 is 1.54 bits per heavy atom. The molecule has 3 rings (SSSR count). The van der Waals surface area contributed by atoms with Gasteiger partial charge in [-0.2, -0.15) is 0 Å². The van der Waals surface area contributed by atoms with E-state index in [-0.39, 0.29) is 0 Å². The summed E-state index contributed by atoms with van der Waals surface area (Å²) in [6.07, 6.45) is 0. The fourth-order valence-corrected chi connectivity index (χ4v) is 3.53. The highest BCUT2D eigenvalue weighted by molar-refractivity contribution is 9.10. The molecule has 3 aromatic rings. The van der Waals surface area contributed by atoms with Crippen LogP contribution < -0.4 is 4.90 Å². The molecule has 136 valence electrons. The summed E-state index contributed by atoms with van der Waals surface area (Å²) in [5.74, 6) is 2.93. The molecular formula is C22H26BrN3. The first-order valence-electron chi connectivity index (χ1n) is 9.21. The van der Waals surface area contributed by atoms with Crippen molar-refractivity contribution < 1.29 is 0 Å². The lowest BCUT2D eigenvalue weighted by molar-refractivity contribution is 0.550. The fraction of sp³-hybridized carbons (Fsp3) is 0.364. The molecule has 0 unspecified atom stereocenters. The number of anilines is 1. The minimum Gasteiger partial charge on any atom is -0.355 e. The first-order chi connectivity index (χ1) is 12.4. The second-order valence-electron chi connectivity index (χ2n) is 7.59. The summed E-state index contributed by atoms with van der Waals surface area (Å²) in [6, 6.07) is 16.5. The molecule has 0 fully saturated rings. The predicted octanol–water partition coefficient (Wildman–Crippen LogP) is 6.18. The molecule has 0 saturated carbocycles. The molecule has 1 aromatic heterocycles. The minimum atomic E-state index is 0.561. The van der Waals surface area contributed by atoms with E-state index in [0.717, 1.165) is 45.7 Å². The molecule has 0 aliphatic heterocycles. The van der Waals surface area contributed by atoms with Crippen LogP contribution in [0.5, 0.6) is 0 Å². The average molecular weight is 412 g/mol. The molecule has 0 amide bonds. The van der Waals surface area contributed by atoms with Crippen molar-refractivity contribution in [2.45, 2.75) is 27.7 Å². The highest BCUT2D eigenvalue weighted by atomic mass is 79.9. The molecule has 0 atom stereocenters. The number of benzene rings is 2. The summed E-state index contributed by atoms with van der Waals surface area (Å²) >= 11 is 3.61. The van der Waals surface area contributed by atoms with Crippen LogP contribution in [0.3, 0.4) is 0 Å². The Hall–Kier alpha value is -1.94. The Balaban J connectivity index is 2.20. The lowest BCUT2D eigenvalue weighted by Gasteiger charge is -2.29. The average Bonchev–Trinajstić information content (AvgIpc) is 2.60. The Labute approximate surface area is 164 Å². The third-order valence-corrected chi connectivity index (χ3v) is 4.63. The van der Waals surface area contributed by atoms with Crippen LogP contribution in [0.2, 0.25) is 0 Å². The number of rotatable bonds is 6. The van der Waals surface area contributed by atoms with Crippen molar-refractivity contribution in [3.8, 4) is 11.4 Å². The summed E-state index contributed by atoms with van der Waals surface area (Å²) < 4.78 is 1.05. The third-order valence-electron chi connectivity index (χ3n) is 4.14. The van der Waals surface area contributed by atoms with Gasteiger partial charge in [-0.05, 0) is 30.0 Å². The molecule has 0 bridgehead atoms. The first-order valence-corrected chi connectivity index (χ1v) is 10.0. The number of aromatic nitrogens is 2. The molecule has 4 heteroatoms. The number of hydrogen-bond donors (Lipinski definition) is 0. The standard InChI is InChI=1S/C22H26BrN3/c1-15(2)13-26(14-16(3)4)22-19-12-18(23)10-11-20(19)24-21(25-22)17-8-6-5-7-9-17/h5-12,15-16H,13-14H2,1-4H3. The van der Waals surface area contributed by atoms with E-state index in [1.54, 1.807) is 0 Å². The van der Waals surface area contributed by atoms with Gasteiger partial charge in [0.15, 0.2) is 5.82 Å². The van der Waals surface area contributed by atoms with Crippen LogP contribution in [0.25, 0.3) is 22.3 Å². The van der Waals surface area contributed by atoms with E-state index >= 15 is 0 Å². The minimum absolute atomic E-state index is 0.561. The van der Waals surface area contributed by atoms with Crippen LogP contribution in [0.15, 0.2) is 53.0 Å². The molecule has 0 aliphatic carbocycles. The van der Waals surface area contributed by atoms with Crippen molar-refractivity contribution in [1.82, 2.24) is 9.97 Å². The summed E-state index contributed by atoms with van der Waals surface area (Å²) in [7, 11) is 0. The number of hydrogen-bond acceptors (Lipinski definition) is 3. The van der Waals surface area contributed by atoms with Gasteiger partial charge in [0, 0.05) is 28.5 Å². The highest BCUT2D eigenvalue weighted by Gasteiger charge is 2.18. The van der Waals surface area contributed by atoms with Crippen molar-refractivity contribution in [3.05, 3.63) is 53.0 Å². The van der Waals surface area contributed by atoms with E-state index < -0.39 is 0 Å². The molecule has 0 spiro atoms. The smallest absolute Gasteiger partial charge is 0.162 e. The van der Waals surface area contributed by atoms with E-state index in [0.29, 0.717) is 11.8 Å². The largest absolute Gasteiger partial charge is 0.355 e. The normalized spacial score (nSPS) is 11.5. The maximum Gasteiger partial charge on any atom is 0.162 e. The van der Waals surface area contributed by atoms with Gasteiger partial charge in [-0.15, -0.1) is 0 Å². The van der Waals surface area contributed by atoms with Crippen LogP contribution in [-0.2, 0) is 0 Å². The molecule has 26 heavy (non-hydrogen) atoms. The quantitative estimate of drug-likeness (QED) is 0.484. The van der Waals surface area contributed by atoms with Gasteiger partial charge in [0.05, 0.1) is 5.52 Å². The maximum atomic E-state index is 5.01. The van der Waals surface area contributed by atoms with Crippen molar-refractivity contribution in [2.75, 3.05) is 18.0 Å². The van der Waals surface area contributed by atoms with Gasteiger partial charge >= 0.3 is 0 Å². The first kappa shape index (κ1) is 18.8. The predicted molar refractivity (Wildman–Crippen MR) is 115 cm³/mol. The van der Waals surface area contributed by atoms with Crippen molar-refractivity contribution in [3.63, 3.8) is 0 Å². The number of fused-ring (bicyclic) bond motifs is 1.